The molecule has 3 amide bonds. The molecule has 8 nitrogen and oxygen atoms in total. The summed E-state index contributed by atoms with van der Waals surface area (Å²) in [6.45, 7) is 12.9. The molecule has 0 atom stereocenters. The van der Waals surface area contributed by atoms with Gasteiger partial charge in [-0.15, -0.1) is 0 Å². The maximum Gasteiger partial charge on any atom is 0.278 e. The Morgan fingerprint density at radius 3 is 2.26 bits per heavy atom. The van der Waals surface area contributed by atoms with E-state index in [-0.39, 0.29) is 63.8 Å². The lowest BCUT2D eigenvalue weighted by Crippen LogP contribution is -2.52. The first-order chi connectivity index (χ1) is 21.6. The molecule has 0 spiro atoms. The lowest BCUT2D eigenvalue weighted by atomic mass is 9.76. The highest BCUT2D eigenvalue weighted by Crippen LogP contribution is 2.39. The lowest BCUT2D eigenvalue weighted by molar-refractivity contribution is -0.119. The predicted octanol–water partition coefficient (Wildman–Crippen LogP) is 8.21. The zero-order valence-electron chi connectivity index (χ0n) is 26.9. The van der Waals surface area contributed by atoms with Gasteiger partial charge in [-0.2, -0.15) is 4.99 Å². The van der Waals surface area contributed by atoms with Crippen molar-refractivity contribution in [1.82, 2.24) is 5.32 Å². The number of amides is 3. The van der Waals surface area contributed by atoms with Crippen molar-refractivity contribution in [3.8, 4) is 5.75 Å². The molecule has 1 fully saturated rings. The first kappa shape index (κ1) is 35.3. The molecule has 1 aliphatic rings. The number of carbonyl (C=O) groups excluding carboxylic acids is 3. The van der Waals surface area contributed by atoms with Gasteiger partial charge in [0.2, 0.25) is 5.91 Å². The molecule has 1 heterocycles. The van der Waals surface area contributed by atoms with Crippen molar-refractivity contribution >= 4 is 69.7 Å². The molecule has 3 aromatic rings. The Labute approximate surface area is 285 Å². The van der Waals surface area contributed by atoms with Gasteiger partial charge in [-0.1, -0.05) is 94.5 Å². The molecule has 11 heteroatoms. The molecule has 1 saturated heterocycles. The standard InChI is InChI=1S/C35H39Cl3N4O4/c1-7-34(3,4)22-12-13-28(25(15-22)35(5,6)8-2)46-20-31(44)39-24-11-9-10-21(14-24)33(45)41-29-18-42(19-30(43)40-29)32-26(37)16-23(36)17-27(32)38/h9-17H,7-8,18-20H2,1-6H3,(H,39,44)(H,40,41,43,45). The number of nitrogens with zero attached hydrogens (tertiary/aromatic N) is 2. The number of aliphatic imine (C=N–C) groups is 1. The fourth-order valence-corrected chi connectivity index (χ4v) is 6.02. The second kappa shape index (κ2) is 14.4. The normalized spacial score (nSPS) is 14.7. The van der Waals surface area contributed by atoms with Gasteiger partial charge in [-0.05, 0) is 65.6 Å². The van der Waals surface area contributed by atoms with Gasteiger partial charge in [0.15, 0.2) is 6.61 Å². The van der Waals surface area contributed by atoms with Crippen LogP contribution in [0.4, 0.5) is 11.4 Å². The van der Waals surface area contributed by atoms with Crippen LogP contribution < -0.4 is 20.3 Å². The van der Waals surface area contributed by atoms with Crippen molar-refractivity contribution < 1.29 is 19.1 Å². The molecule has 2 N–H and O–H groups in total. The molecular weight excluding hydrogens is 647 g/mol. The van der Waals surface area contributed by atoms with E-state index in [1.54, 1.807) is 23.1 Å². The summed E-state index contributed by atoms with van der Waals surface area (Å²) in [5, 5.41) is 6.33. The highest BCUT2D eigenvalue weighted by Gasteiger charge is 2.28. The minimum absolute atomic E-state index is 0.0157. The average Bonchev–Trinajstić information content (AvgIpc) is 2.99. The van der Waals surface area contributed by atoms with Gasteiger partial charge in [0.05, 0.1) is 28.8 Å². The highest BCUT2D eigenvalue weighted by atomic mass is 35.5. The highest BCUT2D eigenvalue weighted by molar-refractivity contribution is 6.42. The molecule has 4 rings (SSSR count). The van der Waals surface area contributed by atoms with Gasteiger partial charge in [-0.25, -0.2) is 0 Å². The number of piperazine rings is 1. The zero-order chi connectivity index (χ0) is 33.8. The number of carbonyl (C=O) groups is 3. The first-order valence-electron chi connectivity index (χ1n) is 15.1. The van der Waals surface area contributed by atoms with E-state index < -0.39 is 5.91 Å². The van der Waals surface area contributed by atoms with Crippen LogP contribution >= 0.6 is 34.8 Å². The Bertz CT molecular complexity index is 1660. The van der Waals surface area contributed by atoms with Crippen LogP contribution in [0.1, 0.15) is 75.9 Å². The van der Waals surface area contributed by atoms with E-state index in [0.717, 1.165) is 18.4 Å². The zero-order valence-corrected chi connectivity index (χ0v) is 29.2. The van der Waals surface area contributed by atoms with Gasteiger partial charge in [0.1, 0.15) is 11.6 Å². The Morgan fingerprint density at radius 1 is 0.935 bits per heavy atom. The number of nitrogens with one attached hydrogen (secondary N) is 2. The summed E-state index contributed by atoms with van der Waals surface area (Å²) in [6, 6.07) is 15.7. The Balaban J connectivity index is 1.45. The van der Waals surface area contributed by atoms with E-state index in [2.05, 4.69) is 69.3 Å². The SMILES string of the molecule is CCC(C)(C)c1ccc(OCC(=O)Nc2cccc(C(=O)N=C3CN(c4c(Cl)cc(Cl)cc4Cl)CC(=O)N3)c2)c(C(C)(C)CC)c1. The van der Waals surface area contributed by atoms with E-state index in [0.29, 0.717) is 22.1 Å². The molecule has 3 aromatic carbocycles. The van der Waals surface area contributed by atoms with Gasteiger partial charge < -0.3 is 20.3 Å². The summed E-state index contributed by atoms with van der Waals surface area (Å²) in [6.07, 6.45) is 1.90. The molecule has 0 bridgehead atoms. The average molecular weight is 686 g/mol. The number of hydrogen-bond acceptors (Lipinski definition) is 5. The number of benzene rings is 3. The second-order valence-electron chi connectivity index (χ2n) is 12.6. The van der Waals surface area contributed by atoms with Gasteiger partial charge in [-0.3, -0.25) is 14.4 Å². The first-order valence-corrected chi connectivity index (χ1v) is 16.3. The smallest absolute Gasteiger partial charge is 0.278 e. The Morgan fingerprint density at radius 2 is 1.61 bits per heavy atom. The minimum atomic E-state index is -0.598. The van der Waals surface area contributed by atoms with Crippen molar-refractivity contribution in [1.29, 1.82) is 0 Å². The largest absolute Gasteiger partial charge is 0.483 e. The molecule has 46 heavy (non-hydrogen) atoms. The third-order valence-electron chi connectivity index (χ3n) is 8.50. The minimum Gasteiger partial charge on any atom is -0.483 e. The van der Waals surface area contributed by atoms with Crippen LogP contribution in [0.2, 0.25) is 15.1 Å². The second-order valence-corrected chi connectivity index (χ2v) is 13.8. The molecule has 1 aliphatic heterocycles. The van der Waals surface area contributed by atoms with Crippen LogP contribution in [-0.2, 0) is 20.4 Å². The van der Waals surface area contributed by atoms with Crippen molar-refractivity contribution in [2.24, 2.45) is 4.99 Å². The van der Waals surface area contributed by atoms with Crippen molar-refractivity contribution in [2.75, 3.05) is 29.9 Å². The van der Waals surface area contributed by atoms with Gasteiger partial charge in [0, 0.05) is 21.8 Å². The lowest BCUT2D eigenvalue weighted by Gasteiger charge is -2.30. The van der Waals surface area contributed by atoms with E-state index >= 15 is 0 Å². The van der Waals surface area contributed by atoms with Crippen molar-refractivity contribution in [3.05, 3.63) is 86.4 Å². The third-order valence-corrected chi connectivity index (χ3v) is 9.30. The monoisotopic (exact) mass is 684 g/mol. The number of anilines is 2. The maximum atomic E-state index is 13.1. The summed E-state index contributed by atoms with van der Waals surface area (Å²) in [4.78, 5) is 44.2. The van der Waals surface area contributed by atoms with Crippen LogP contribution in [0.15, 0.2) is 59.6 Å². The van der Waals surface area contributed by atoms with Crippen LogP contribution in [0.5, 0.6) is 5.75 Å². The molecular formula is C35H39Cl3N4O4. The van der Waals surface area contributed by atoms with Gasteiger partial charge >= 0.3 is 0 Å². The summed E-state index contributed by atoms with van der Waals surface area (Å²) in [5.74, 6) is -0.553. The molecule has 0 aromatic heterocycles. The van der Waals surface area contributed by atoms with E-state index in [9.17, 15) is 14.4 Å². The number of amidine groups is 1. The Hall–Kier alpha value is -3.59. The van der Waals surface area contributed by atoms with Gasteiger partial charge in [0.25, 0.3) is 11.8 Å². The van der Waals surface area contributed by atoms with Crippen LogP contribution in [0.3, 0.4) is 0 Å². The maximum absolute atomic E-state index is 13.1. The van der Waals surface area contributed by atoms with Crippen molar-refractivity contribution in [2.45, 2.75) is 65.2 Å². The van der Waals surface area contributed by atoms with Crippen LogP contribution in [0, 0.1) is 0 Å². The number of hydrogen-bond donors (Lipinski definition) is 2. The van der Waals surface area contributed by atoms with Crippen LogP contribution in [0.25, 0.3) is 0 Å². The molecule has 244 valence electrons. The third kappa shape index (κ3) is 8.41. The molecule has 0 saturated carbocycles. The molecule has 0 unspecified atom stereocenters. The van der Waals surface area contributed by atoms with E-state index in [4.69, 9.17) is 39.5 Å². The predicted molar refractivity (Wildman–Crippen MR) is 187 cm³/mol. The summed E-state index contributed by atoms with van der Waals surface area (Å²) in [7, 11) is 0. The number of rotatable bonds is 10. The van der Waals surface area contributed by atoms with E-state index in [1.165, 1.54) is 23.8 Å². The number of ether oxygens (including phenoxy) is 1. The Kier molecular flexibility index (Phi) is 11.1. The molecule has 0 aliphatic carbocycles. The fourth-order valence-electron chi connectivity index (χ4n) is 4.97. The summed E-state index contributed by atoms with van der Waals surface area (Å²) < 4.78 is 6.05. The topological polar surface area (TPSA) is 100 Å². The quantitative estimate of drug-likeness (QED) is 0.224. The fraction of sp³-hybridized carbons (Fsp3) is 0.371. The summed E-state index contributed by atoms with van der Waals surface area (Å²) >= 11 is 18.7. The number of halogens is 3. The van der Waals surface area contributed by atoms with E-state index in [1.807, 2.05) is 6.07 Å². The summed E-state index contributed by atoms with van der Waals surface area (Å²) in [5.41, 5.74) is 3.20. The molecule has 0 radical (unpaired) electrons. The van der Waals surface area contributed by atoms with Crippen molar-refractivity contribution in [3.63, 3.8) is 0 Å². The van der Waals surface area contributed by atoms with Crippen LogP contribution in [-0.4, -0.2) is 43.3 Å².